The van der Waals surface area contributed by atoms with Gasteiger partial charge in [-0.15, -0.1) is 0 Å². The Bertz CT molecular complexity index is 714. The fourth-order valence-electron chi connectivity index (χ4n) is 2.15. The van der Waals surface area contributed by atoms with E-state index < -0.39 is 5.69 Å². The predicted octanol–water partition coefficient (Wildman–Crippen LogP) is 1.08. The summed E-state index contributed by atoms with van der Waals surface area (Å²) in [5.74, 6) is 1.66. The molecule has 0 spiro atoms. The highest BCUT2D eigenvalue weighted by atomic mass is 16.5. The minimum atomic E-state index is -0.429. The Morgan fingerprint density at radius 2 is 2.14 bits per heavy atom. The molecule has 0 saturated heterocycles. The van der Waals surface area contributed by atoms with Gasteiger partial charge in [-0.05, 0) is 12.1 Å². The number of aliphatic hydroxyl groups is 1. The van der Waals surface area contributed by atoms with Gasteiger partial charge in [-0.3, -0.25) is 4.57 Å². The molecule has 110 valence electrons. The first-order chi connectivity index (χ1) is 10.2. The third kappa shape index (κ3) is 2.48. The second kappa shape index (κ2) is 5.55. The summed E-state index contributed by atoms with van der Waals surface area (Å²) >= 11 is 0. The summed E-state index contributed by atoms with van der Waals surface area (Å²) in [5, 5.41) is 8.69. The van der Waals surface area contributed by atoms with E-state index in [9.17, 15) is 4.79 Å². The van der Waals surface area contributed by atoms with Crippen LogP contribution in [0.4, 0.5) is 11.5 Å². The van der Waals surface area contributed by atoms with E-state index in [1.54, 1.807) is 6.20 Å². The summed E-state index contributed by atoms with van der Waals surface area (Å²) in [4.78, 5) is 17.8. The molecule has 7 heteroatoms. The van der Waals surface area contributed by atoms with Crippen LogP contribution in [0, 0.1) is 0 Å². The van der Waals surface area contributed by atoms with Crippen LogP contribution >= 0.6 is 0 Å². The molecule has 3 rings (SSSR count). The van der Waals surface area contributed by atoms with Gasteiger partial charge in [-0.2, -0.15) is 4.98 Å². The number of benzene rings is 1. The van der Waals surface area contributed by atoms with E-state index in [4.69, 9.17) is 14.6 Å². The van der Waals surface area contributed by atoms with Crippen LogP contribution in [0.5, 0.6) is 11.5 Å². The maximum absolute atomic E-state index is 12.0. The SMILES string of the molecule is CN1c2ccccc2Oc2cn(COCCO)c(=O)nc21. The second-order valence-electron chi connectivity index (χ2n) is 4.57. The molecule has 21 heavy (non-hydrogen) atoms. The monoisotopic (exact) mass is 289 g/mol. The summed E-state index contributed by atoms with van der Waals surface area (Å²) in [6.45, 7) is 0.0846. The predicted molar refractivity (Wildman–Crippen MR) is 76.1 cm³/mol. The number of rotatable bonds is 4. The van der Waals surface area contributed by atoms with Gasteiger partial charge >= 0.3 is 5.69 Å². The number of nitrogens with zero attached hydrogens (tertiary/aromatic N) is 3. The third-order valence-corrected chi connectivity index (χ3v) is 3.17. The molecule has 0 saturated carbocycles. The quantitative estimate of drug-likeness (QED) is 0.849. The number of hydrogen-bond acceptors (Lipinski definition) is 6. The van der Waals surface area contributed by atoms with Gasteiger partial charge in [0, 0.05) is 7.05 Å². The van der Waals surface area contributed by atoms with E-state index in [2.05, 4.69) is 4.98 Å². The largest absolute Gasteiger partial charge is 0.450 e. The van der Waals surface area contributed by atoms with Crippen molar-refractivity contribution in [1.82, 2.24) is 9.55 Å². The van der Waals surface area contributed by atoms with Crippen LogP contribution < -0.4 is 15.3 Å². The lowest BCUT2D eigenvalue weighted by Gasteiger charge is -2.28. The van der Waals surface area contributed by atoms with Crippen molar-refractivity contribution in [3.63, 3.8) is 0 Å². The average Bonchev–Trinajstić information content (AvgIpc) is 2.49. The Hall–Kier alpha value is -2.38. The van der Waals surface area contributed by atoms with Gasteiger partial charge in [0.15, 0.2) is 17.3 Å². The van der Waals surface area contributed by atoms with Gasteiger partial charge < -0.3 is 19.5 Å². The number of aromatic nitrogens is 2. The van der Waals surface area contributed by atoms with Crippen LogP contribution in [0.1, 0.15) is 0 Å². The van der Waals surface area contributed by atoms with Crippen molar-refractivity contribution in [3.05, 3.63) is 40.9 Å². The molecule has 0 amide bonds. The lowest BCUT2D eigenvalue weighted by Crippen LogP contribution is -2.28. The first kappa shape index (κ1) is 13.6. The summed E-state index contributed by atoms with van der Waals surface area (Å²) in [6.07, 6.45) is 1.56. The van der Waals surface area contributed by atoms with Crippen molar-refractivity contribution in [2.45, 2.75) is 6.73 Å². The first-order valence-electron chi connectivity index (χ1n) is 6.51. The minimum absolute atomic E-state index is 0.0222. The Morgan fingerprint density at radius 3 is 2.95 bits per heavy atom. The summed E-state index contributed by atoms with van der Waals surface area (Å²) < 4.78 is 12.2. The molecular formula is C14H15N3O4. The number of fused-ring (bicyclic) bond motifs is 2. The normalized spacial score (nSPS) is 12.6. The molecule has 2 heterocycles. The van der Waals surface area contributed by atoms with Crippen LogP contribution in [-0.4, -0.2) is 34.9 Å². The molecule has 7 nitrogen and oxygen atoms in total. The van der Waals surface area contributed by atoms with Gasteiger partial charge in [-0.1, -0.05) is 12.1 Å². The Balaban J connectivity index is 1.96. The molecule has 1 N–H and O–H groups in total. The van der Waals surface area contributed by atoms with E-state index >= 15 is 0 Å². The van der Waals surface area contributed by atoms with Gasteiger partial charge in [0.05, 0.1) is 25.1 Å². The van der Waals surface area contributed by atoms with Crippen molar-refractivity contribution < 1.29 is 14.6 Å². The smallest absolute Gasteiger partial charge is 0.351 e. The molecule has 0 unspecified atom stereocenters. The van der Waals surface area contributed by atoms with Gasteiger partial charge in [-0.25, -0.2) is 4.79 Å². The molecule has 1 aromatic heterocycles. The van der Waals surface area contributed by atoms with Crippen LogP contribution in [0.3, 0.4) is 0 Å². The maximum Gasteiger partial charge on any atom is 0.351 e. The zero-order chi connectivity index (χ0) is 14.8. The molecule has 0 atom stereocenters. The van der Waals surface area contributed by atoms with Crippen LogP contribution in [-0.2, 0) is 11.5 Å². The van der Waals surface area contributed by atoms with Gasteiger partial charge in [0.25, 0.3) is 0 Å². The van der Waals surface area contributed by atoms with E-state index in [0.29, 0.717) is 17.3 Å². The van der Waals surface area contributed by atoms with Crippen molar-refractivity contribution in [3.8, 4) is 11.5 Å². The van der Waals surface area contributed by atoms with Crippen molar-refractivity contribution in [1.29, 1.82) is 0 Å². The fourth-order valence-corrected chi connectivity index (χ4v) is 2.15. The molecule has 0 fully saturated rings. The second-order valence-corrected chi connectivity index (χ2v) is 4.57. The highest BCUT2D eigenvalue weighted by molar-refractivity contribution is 5.74. The highest BCUT2D eigenvalue weighted by Gasteiger charge is 2.24. The topological polar surface area (TPSA) is 76.8 Å². The lowest BCUT2D eigenvalue weighted by atomic mass is 10.2. The Morgan fingerprint density at radius 1 is 1.33 bits per heavy atom. The van der Waals surface area contributed by atoms with E-state index in [1.807, 2.05) is 36.2 Å². The number of aliphatic hydroxyl groups excluding tert-OH is 1. The summed E-state index contributed by atoms with van der Waals surface area (Å²) in [7, 11) is 1.83. The molecule has 0 radical (unpaired) electrons. The summed E-state index contributed by atoms with van der Waals surface area (Å²) in [6, 6.07) is 7.53. The van der Waals surface area contributed by atoms with Crippen LogP contribution in [0.15, 0.2) is 35.3 Å². The zero-order valence-electron chi connectivity index (χ0n) is 11.5. The van der Waals surface area contributed by atoms with Crippen molar-refractivity contribution in [2.24, 2.45) is 0 Å². The van der Waals surface area contributed by atoms with E-state index in [-0.39, 0.29) is 19.9 Å². The third-order valence-electron chi connectivity index (χ3n) is 3.17. The molecule has 2 aromatic rings. The minimum Gasteiger partial charge on any atom is -0.450 e. The maximum atomic E-state index is 12.0. The van der Waals surface area contributed by atoms with Crippen LogP contribution in [0.2, 0.25) is 0 Å². The Labute approximate surface area is 121 Å². The lowest BCUT2D eigenvalue weighted by molar-refractivity contribution is 0.0454. The van der Waals surface area contributed by atoms with Gasteiger partial charge in [0.2, 0.25) is 0 Å². The van der Waals surface area contributed by atoms with Crippen molar-refractivity contribution >= 4 is 11.5 Å². The Kier molecular flexibility index (Phi) is 3.59. The van der Waals surface area contributed by atoms with Crippen LogP contribution in [0.25, 0.3) is 0 Å². The molecule has 1 aliphatic rings. The molecule has 0 aliphatic carbocycles. The molecule has 1 aliphatic heterocycles. The van der Waals surface area contributed by atoms with E-state index in [1.165, 1.54) is 4.57 Å². The average molecular weight is 289 g/mol. The summed E-state index contributed by atoms with van der Waals surface area (Å²) in [5.41, 5.74) is 0.424. The van der Waals surface area contributed by atoms with Crippen molar-refractivity contribution in [2.75, 3.05) is 25.2 Å². The van der Waals surface area contributed by atoms with Gasteiger partial charge in [0.1, 0.15) is 6.73 Å². The molecule has 0 bridgehead atoms. The first-order valence-corrected chi connectivity index (χ1v) is 6.51. The number of hydrogen-bond donors (Lipinski definition) is 1. The highest BCUT2D eigenvalue weighted by Crippen LogP contribution is 2.43. The zero-order valence-corrected chi connectivity index (χ0v) is 11.5. The number of ether oxygens (including phenoxy) is 2. The van der Waals surface area contributed by atoms with E-state index in [0.717, 1.165) is 5.69 Å². The molecule has 1 aromatic carbocycles. The number of para-hydroxylation sites is 2. The fraction of sp³-hybridized carbons (Fsp3) is 0.286. The number of anilines is 2. The standard InChI is InChI=1S/C14H15N3O4/c1-16-10-4-2-3-5-11(10)21-12-8-17(9-20-7-6-18)14(19)15-13(12)16/h2-5,8,18H,6-7,9H2,1H3. The molecular weight excluding hydrogens is 274 g/mol.